The number of nitrogens with one attached hydrogen (secondary N) is 6. The van der Waals surface area contributed by atoms with Crippen molar-refractivity contribution in [1.29, 1.82) is 0 Å². The Morgan fingerprint density at radius 3 is 1.54 bits per heavy atom. The molecule has 2 fully saturated rings. The zero-order chi connectivity index (χ0) is 49.6. The third-order valence-electron chi connectivity index (χ3n) is 11.7. The maximum Gasteiger partial charge on any atom is 0.416 e. The molecule has 2 saturated heterocycles. The number of aromatic nitrogens is 2. The standard InChI is InChI=1S/C24H25F3N4O4S2.C22H32N4O4S2/c25-24(26,27)17-5-3-16(4-6-17)14-29-18-9-12-31(13-10-18)37(34,35)21-8-7-19(36-21)15-30-23(33)20-2-1-11-28-22(20)32;1-2-3-4-5-12-23-17-10-14-26(15-11-17)32(29,30)20-9-8-18(31-20)16-25-22(28)19-7-6-13-24-21(19)27/h1-8,11,18,29H,9-10,12-15H2,(H,28,32)(H,30,33);6-9,13,17,23H,2-5,10-12,14-16H2,1H3,(H,24,27)(H,25,28). The van der Waals surface area contributed by atoms with Crippen molar-refractivity contribution >= 4 is 54.5 Å². The molecule has 2 aliphatic rings. The lowest BCUT2D eigenvalue weighted by atomic mass is 10.1. The fourth-order valence-electron chi connectivity index (χ4n) is 7.70. The number of alkyl halides is 3. The molecule has 16 nitrogen and oxygen atoms in total. The second-order valence-electron chi connectivity index (χ2n) is 16.6. The molecule has 0 spiro atoms. The zero-order valence-corrected chi connectivity index (χ0v) is 41.2. The van der Waals surface area contributed by atoms with Crippen LogP contribution in [0.2, 0.25) is 0 Å². The second kappa shape index (κ2) is 24.7. The van der Waals surface area contributed by atoms with E-state index in [2.05, 4.69) is 38.2 Å². The molecular weight excluding hydrogens is 978 g/mol. The van der Waals surface area contributed by atoms with Crippen LogP contribution in [0.15, 0.2) is 103 Å². The van der Waals surface area contributed by atoms with Crippen LogP contribution in [-0.4, -0.2) is 92.0 Å². The lowest BCUT2D eigenvalue weighted by Crippen LogP contribution is -2.44. The van der Waals surface area contributed by atoms with Crippen molar-refractivity contribution in [2.45, 2.75) is 105 Å². The number of sulfonamides is 2. The topological polar surface area (TPSA) is 223 Å². The minimum Gasteiger partial charge on any atom is -0.347 e. The predicted octanol–water partition coefficient (Wildman–Crippen LogP) is 6.02. The van der Waals surface area contributed by atoms with E-state index in [0.29, 0.717) is 61.4 Å². The number of pyridine rings is 2. The molecule has 0 saturated carbocycles. The molecule has 6 heterocycles. The maximum absolute atomic E-state index is 13.1. The number of piperidine rings is 2. The van der Waals surface area contributed by atoms with E-state index < -0.39 is 54.7 Å². The number of thiophene rings is 2. The summed E-state index contributed by atoms with van der Waals surface area (Å²) in [6.45, 7) is 5.48. The zero-order valence-electron chi connectivity index (χ0n) is 38.0. The third-order valence-corrected chi connectivity index (χ3v) is 18.6. The van der Waals surface area contributed by atoms with Crippen LogP contribution in [0.25, 0.3) is 0 Å². The quantitative estimate of drug-likeness (QED) is 0.0528. The summed E-state index contributed by atoms with van der Waals surface area (Å²) >= 11 is 2.21. The summed E-state index contributed by atoms with van der Waals surface area (Å²) in [6.07, 6.45) is 6.16. The minimum absolute atomic E-state index is 0.0262. The summed E-state index contributed by atoms with van der Waals surface area (Å²) in [6, 6.07) is 17.8. The van der Waals surface area contributed by atoms with Gasteiger partial charge >= 0.3 is 6.18 Å². The second-order valence-corrected chi connectivity index (χ2v) is 23.2. The van der Waals surface area contributed by atoms with Gasteiger partial charge in [0.05, 0.1) is 18.7 Å². The van der Waals surface area contributed by atoms with Crippen LogP contribution < -0.4 is 32.4 Å². The van der Waals surface area contributed by atoms with E-state index in [0.717, 1.165) is 59.8 Å². The number of aromatic amines is 2. The molecule has 1 aromatic carbocycles. The Morgan fingerprint density at radius 1 is 0.638 bits per heavy atom. The first kappa shape index (κ1) is 53.3. The Balaban J connectivity index is 0.000000229. The number of carbonyl (C=O) groups is 2. The Hall–Kier alpha value is -5.01. The normalized spacial score (nSPS) is 15.6. The summed E-state index contributed by atoms with van der Waals surface area (Å²) < 4.78 is 93.8. The van der Waals surface area contributed by atoms with Gasteiger partial charge in [-0.2, -0.15) is 21.8 Å². The molecule has 374 valence electrons. The van der Waals surface area contributed by atoms with Crippen molar-refractivity contribution in [1.82, 2.24) is 39.8 Å². The summed E-state index contributed by atoms with van der Waals surface area (Å²) in [7, 11) is -7.24. The van der Waals surface area contributed by atoms with Crippen LogP contribution in [-0.2, 0) is 45.9 Å². The number of hydrogen-bond acceptors (Lipinski definition) is 12. The summed E-state index contributed by atoms with van der Waals surface area (Å²) in [5.41, 5.74) is -0.941. The molecule has 0 unspecified atom stereocenters. The van der Waals surface area contributed by atoms with E-state index in [1.165, 1.54) is 72.7 Å². The van der Waals surface area contributed by atoms with Crippen molar-refractivity contribution in [2.24, 2.45) is 0 Å². The molecule has 2 aliphatic heterocycles. The van der Waals surface area contributed by atoms with E-state index in [-0.39, 0.29) is 38.7 Å². The Labute approximate surface area is 407 Å². The van der Waals surface area contributed by atoms with Gasteiger partial charge in [0.25, 0.3) is 43.0 Å². The molecule has 0 atom stereocenters. The number of unbranched alkanes of at least 4 members (excludes halogenated alkanes) is 3. The van der Waals surface area contributed by atoms with E-state index >= 15 is 0 Å². The van der Waals surface area contributed by atoms with Gasteiger partial charge < -0.3 is 31.2 Å². The molecule has 4 aromatic heterocycles. The van der Waals surface area contributed by atoms with Gasteiger partial charge in [-0.1, -0.05) is 38.3 Å². The Morgan fingerprint density at radius 2 is 1.10 bits per heavy atom. The van der Waals surface area contributed by atoms with Gasteiger partial charge in [0.2, 0.25) is 0 Å². The smallest absolute Gasteiger partial charge is 0.347 e. The molecule has 69 heavy (non-hydrogen) atoms. The minimum atomic E-state index is -4.37. The van der Waals surface area contributed by atoms with Gasteiger partial charge in [0.1, 0.15) is 19.5 Å². The van der Waals surface area contributed by atoms with Crippen LogP contribution in [0.3, 0.4) is 0 Å². The van der Waals surface area contributed by atoms with Gasteiger partial charge in [0.15, 0.2) is 0 Å². The van der Waals surface area contributed by atoms with Gasteiger partial charge in [-0.05, 0) is 105 Å². The summed E-state index contributed by atoms with van der Waals surface area (Å²) in [4.78, 5) is 54.1. The number of nitrogens with zero attached hydrogens (tertiary/aromatic N) is 2. The van der Waals surface area contributed by atoms with Gasteiger partial charge in [-0.25, -0.2) is 16.8 Å². The molecule has 5 aromatic rings. The van der Waals surface area contributed by atoms with Crippen LogP contribution in [0, 0.1) is 0 Å². The SMILES string of the molecule is CCCCCCNC1CCN(S(=O)(=O)c2ccc(CNC(=O)c3ccc[nH]c3=O)s2)CC1.O=C(NCc1ccc(S(=O)(=O)N2CCC(NCc3ccc(C(F)(F)F)cc3)CC2)s1)c1ccc[nH]c1=O. The highest BCUT2D eigenvalue weighted by Gasteiger charge is 2.33. The number of carbonyl (C=O) groups excluding carboxylic acids is 2. The van der Waals surface area contributed by atoms with Crippen LogP contribution in [0.1, 0.15) is 99.9 Å². The fraction of sp³-hybridized carbons (Fsp3) is 0.435. The average Bonchev–Trinajstić information content (AvgIpc) is 4.04. The third kappa shape index (κ3) is 15.0. The highest BCUT2D eigenvalue weighted by molar-refractivity contribution is 7.91. The van der Waals surface area contributed by atoms with E-state index in [1.54, 1.807) is 34.6 Å². The summed E-state index contributed by atoms with van der Waals surface area (Å²) in [5, 5.41) is 12.1. The monoisotopic (exact) mass is 1030 g/mol. The first-order valence-corrected chi connectivity index (χ1v) is 27.2. The van der Waals surface area contributed by atoms with Crippen molar-refractivity contribution in [3.63, 3.8) is 0 Å². The van der Waals surface area contributed by atoms with Crippen molar-refractivity contribution in [3.05, 3.63) is 138 Å². The molecule has 6 N–H and O–H groups in total. The maximum atomic E-state index is 13.1. The number of amides is 2. The van der Waals surface area contributed by atoms with E-state index in [9.17, 15) is 49.2 Å². The molecule has 23 heteroatoms. The van der Waals surface area contributed by atoms with Gasteiger partial charge in [0, 0.05) is 67.0 Å². The molecular formula is C46H57F3N8O8S4. The largest absolute Gasteiger partial charge is 0.416 e. The number of halogens is 3. The predicted molar refractivity (Wildman–Crippen MR) is 259 cm³/mol. The van der Waals surface area contributed by atoms with Crippen molar-refractivity contribution < 1.29 is 39.6 Å². The van der Waals surface area contributed by atoms with Crippen molar-refractivity contribution in [2.75, 3.05) is 32.7 Å². The number of H-pyrrole nitrogens is 2. The highest BCUT2D eigenvalue weighted by Crippen LogP contribution is 2.31. The van der Waals surface area contributed by atoms with Crippen LogP contribution in [0.5, 0.6) is 0 Å². The number of benzene rings is 1. The molecule has 0 aliphatic carbocycles. The molecule has 0 bridgehead atoms. The molecule has 7 rings (SSSR count). The first-order chi connectivity index (χ1) is 32.9. The first-order valence-electron chi connectivity index (χ1n) is 22.7. The fourth-order valence-corrected chi connectivity index (χ4v) is 13.5. The number of hydrogen-bond donors (Lipinski definition) is 6. The van der Waals surface area contributed by atoms with E-state index in [1.807, 2.05) is 0 Å². The van der Waals surface area contributed by atoms with Crippen LogP contribution >= 0.6 is 22.7 Å². The lowest BCUT2D eigenvalue weighted by Gasteiger charge is -2.31. The lowest BCUT2D eigenvalue weighted by molar-refractivity contribution is -0.137. The Bertz CT molecular complexity index is 2820. The van der Waals surface area contributed by atoms with Crippen LogP contribution in [0.4, 0.5) is 13.2 Å². The highest BCUT2D eigenvalue weighted by atomic mass is 32.3. The van der Waals surface area contributed by atoms with Gasteiger partial charge in [-0.3, -0.25) is 19.2 Å². The van der Waals surface area contributed by atoms with E-state index in [4.69, 9.17) is 0 Å². The summed E-state index contributed by atoms with van der Waals surface area (Å²) in [5.74, 6) is -1.04. The number of rotatable bonds is 19. The molecule has 0 radical (unpaired) electrons. The Kier molecular flexibility index (Phi) is 19.1. The van der Waals surface area contributed by atoms with Gasteiger partial charge in [-0.15, -0.1) is 22.7 Å². The average molecular weight is 1040 g/mol. The van der Waals surface area contributed by atoms with Crippen molar-refractivity contribution in [3.8, 4) is 0 Å². The molecule has 2 amide bonds.